The van der Waals surface area contributed by atoms with Gasteiger partial charge < -0.3 is 23.8 Å². The second-order valence-electron chi connectivity index (χ2n) is 4.74. The molecule has 0 radical (unpaired) electrons. The number of carbonyl (C=O) groups excluding carboxylic acids is 5. The van der Waals surface area contributed by atoms with E-state index in [-0.39, 0.29) is 13.1 Å². The molecule has 0 aromatic heterocycles. The fourth-order valence-corrected chi connectivity index (χ4v) is 1.68. The zero-order chi connectivity index (χ0) is 19.6. The van der Waals surface area contributed by atoms with Gasteiger partial charge in [0.1, 0.15) is 0 Å². The third-order valence-corrected chi connectivity index (χ3v) is 2.41. The highest BCUT2D eigenvalue weighted by Gasteiger charge is 2.27. The fourth-order valence-electron chi connectivity index (χ4n) is 1.68. The molecule has 0 N–H and O–H groups in total. The maximum Gasteiger partial charge on any atom is 0.305 e. The van der Waals surface area contributed by atoms with Gasteiger partial charge in [-0.3, -0.25) is 24.0 Å². The number of hydrogen-bond donors (Lipinski definition) is 0. The van der Waals surface area contributed by atoms with Gasteiger partial charge in [-0.25, -0.2) is 0 Å². The first-order valence-corrected chi connectivity index (χ1v) is 7.15. The molecule has 0 saturated carbocycles. The summed E-state index contributed by atoms with van der Waals surface area (Å²) >= 11 is 0. The maximum absolute atomic E-state index is 12.0. The third kappa shape index (κ3) is 10.5. The van der Waals surface area contributed by atoms with Gasteiger partial charge in [0.25, 0.3) is 12.6 Å². The van der Waals surface area contributed by atoms with Crippen molar-refractivity contribution in [3.05, 3.63) is 12.7 Å². The zero-order valence-electron chi connectivity index (χ0n) is 14.5. The lowest BCUT2D eigenvalue weighted by atomic mass is 10.4. The number of rotatable bonds is 9. The Hall–Kier alpha value is -2.91. The Bertz CT molecular complexity index is 473. The largest absolute Gasteiger partial charge is 0.423 e. The summed E-state index contributed by atoms with van der Waals surface area (Å²) < 4.78 is 19.2. The van der Waals surface area contributed by atoms with Gasteiger partial charge in [0, 0.05) is 27.7 Å². The lowest BCUT2D eigenvalue weighted by Gasteiger charge is -2.28. The van der Waals surface area contributed by atoms with E-state index in [0.717, 1.165) is 38.7 Å². The van der Waals surface area contributed by atoms with Crippen molar-refractivity contribution >= 4 is 29.8 Å². The summed E-state index contributed by atoms with van der Waals surface area (Å²) in [6, 6.07) is 0. The first-order valence-electron chi connectivity index (χ1n) is 7.15. The predicted octanol–water partition coefficient (Wildman–Crippen LogP) is -0.0944. The first-order chi connectivity index (χ1) is 11.5. The summed E-state index contributed by atoms with van der Waals surface area (Å²) in [5.74, 6) is -3.63. The van der Waals surface area contributed by atoms with E-state index < -0.39 is 42.4 Å². The predicted molar refractivity (Wildman–Crippen MR) is 81.4 cm³/mol. The summed E-state index contributed by atoms with van der Waals surface area (Å²) in [6.45, 7) is 6.92. The first kappa shape index (κ1) is 22.1. The molecule has 0 spiro atoms. The molecule has 25 heavy (non-hydrogen) atoms. The summed E-state index contributed by atoms with van der Waals surface area (Å²) in [7, 11) is 0. The fraction of sp³-hybridized carbons (Fsp3) is 0.533. The van der Waals surface area contributed by atoms with E-state index >= 15 is 0 Å². The van der Waals surface area contributed by atoms with Crippen LogP contribution in [0.25, 0.3) is 0 Å². The molecular formula is C15H21NO9. The van der Waals surface area contributed by atoms with Crippen molar-refractivity contribution in [1.82, 2.24) is 4.90 Å². The number of ether oxygens (including phenoxy) is 4. The summed E-state index contributed by atoms with van der Waals surface area (Å²) in [5, 5.41) is 0. The van der Waals surface area contributed by atoms with Gasteiger partial charge in [-0.15, -0.1) is 0 Å². The van der Waals surface area contributed by atoms with Crippen LogP contribution in [0.15, 0.2) is 12.7 Å². The van der Waals surface area contributed by atoms with Crippen LogP contribution in [0.1, 0.15) is 27.7 Å². The molecule has 0 rings (SSSR count). The molecule has 0 saturated heterocycles. The van der Waals surface area contributed by atoms with Gasteiger partial charge in [0.15, 0.2) is 0 Å². The summed E-state index contributed by atoms with van der Waals surface area (Å²) in [6.07, 6.45) is -1.85. The quantitative estimate of drug-likeness (QED) is 0.315. The van der Waals surface area contributed by atoms with Crippen molar-refractivity contribution in [3.63, 3.8) is 0 Å². The molecule has 10 nitrogen and oxygen atoms in total. The van der Waals surface area contributed by atoms with Gasteiger partial charge in [-0.1, -0.05) is 6.58 Å². The molecule has 0 aliphatic rings. The van der Waals surface area contributed by atoms with E-state index in [4.69, 9.17) is 18.9 Å². The molecule has 0 unspecified atom stereocenters. The van der Waals surface area contributed by atoms with Crippen LogP contribution in [0.2, 0.25) is 0 Å². The van der Waals surface area contributed by atoms with Gasteiger partial charge >= 0.3 is 23.9 Å². The van der Waals surface area contributed by atoms with Crippen molar-refractivity contribution < 1.29 is 42.9 Å². The van der Waals surface area contributed by atoms with Gasteiger partial charge in [0.2, 0.25) is 5.91 Å². The molecule has 1 amide bonds. The molecule has 140 valence electrons. The van der Waals surface area contributed by atoms with Crippen LogP contribution < -0.4 is 0 Å². The van der Waals surface area contributed by atoms with Crippen LogP contribution in [0, 0.1) is 0 Å². The molecule has 0 aromatic rings. The number of carbonyl (C=O) groups is 5. The lowest BCUT2D eigenvalue weighted by molar-refractivity contribution is -0.196. The lowest BCUT2D eigenvalue weighted by Crippen LogP contribution is -2.45. The standard InChI is InChI=1S/C15H21NO9/c1-6-13(21)16(7-14(22-9(2)17)23-10(3)18)8-15(24-11(4)19)25-12(5)20/h6,14-15H,1,7-8H2,2-5H3. The van der Waals surface area contributed by atoms with Crippen LogP contribution in [-0.4, -0.2) is 60.4 Å². The number of esters is 4. The summed E-state index contributed by atoms with van der Waals surface area (Å²) in [4.78, 5) is 57.3. The Balaban J connectivity index is 5.28. The van der Waals surface area contributed by atoms with E-state index in [1.54, 1.807) is 0 Å². The molecular weight excluding hydrogens is 338 g/mol. The molecule has 0 bridgehead atoms. The van der Waals surface area contributed by atoms with Gasteiger partial charge in [-0.05, 0) is 6.08 Å². The number of hydrogen-bond acceptors (Lipinski definition) is 9. The summed E-state index contributed by atoms with van der Waals surface area (Å²) in [5.41, 5.74) is 0. The van der Waals surface area contributed by atoms with Crippen LogP contribution >= 0.6 is 0 Å². The van der Waals surface area contributed by atoms with E-state index in [2.05, 4.69) is 6.58 Å². The third-order valence-electron chi connectivity index (χ3n) is 2.41. The second-order valence-corrected chi connectivity index (χ2v) is 4.74. The van der Waals surface area contributed by atoms with Crippen molar-refractivity contribution in [3.8, 4) is 0 Å². The van der Waals surface area contributed by atoms with E-state index in [0.29, 0.717) is 0 Å². The molecule has 0 fully saturated rings. The Labute approximate surface area is 144 Å². The molecule has 0 heterocycles. The average molecular weight is 359 g/mol. The highest BCUT2D eigenvalue weighted by atomic mass is 16.7. The van der Waals surface area contributed by atoms with E-state index in [1.807, 2.05) is 0 Å². The Morgan fingerprint density at radius 1 is 0.760 bits per heavy atom. The zero-order valence-corrected chi connectivity index (χ0v) is 14.5. The number of amides is 1. The smallest absolute Gasteiger partial charge is 0.305 e. The van der Waals surface area contributed by atoms with Crippen molar-refractivity contribution in [2.75, 3.05) is 13.1 Å². The Morgan fingerprint density at radius 3 is 1.24 bits per heavy atom. The Morgan fingerprint density at radius 2 is 1.04 bits per heavy atom. The highest BCUT2D eigenvalue weighted by Crippen LogP contribution is 2.07. The van der Waals surface area contributed by atoms with Crippen molar-refractivity contribution in [1.29, 1.82) is 0 Å². The molecule has 0 aromatic carbocycles. The van der Waals surface area contributed by atoms with Crippen molar-refractivity contribution in [2.24, 2.45) is 0 Å². The second kappa shape index (κ2) is 10.8. The van der Waals surface area contributed by atoms with Crippen LogP contribution in [-0.2, 0) is 42.9 Å². The van der Waals surface area contributed by atoms with Crippen LogP contribution in [0.4, 0.5) is 0 Å². The minimum Gasteiger partial charge on any atom is -0.423 e. The normalized spacial score (nSPS) is 10.0. The minimum atomic E-state index is -1.39. The number of nitrogens with zero attached hydrogens (tertiary/aromatic N) is 1. The van der Waals surface area contributed by atoms with Gasteiger partial charge in [0.05, 0.1) is 13.1 Å². The molecule has 0 aliphatic heterocycles. The minimum absolute atomic E-state index is 0.386. The average Bonchev–Trinajstić information content (AvgIpc) is 2.42. The topological polar surface area (TPSA) is 126 Å². The van der Waals surface area contributed by atoms with Crippen LogP contribution in [0.5, 0.6) is 0 Å². The molecule has 0 atom stereocenters. The highest BCUT2D eigenvalue weighted by molar-refractivity contribution is 5.87. The van der Waals surface area contributed by atoms with E-state index in [9.17, 15) is 24.0 Å². The maximum atomic E-state index is 12.0. The van der Waals surface area contributed by atoms with Crippen molar-refractivity contribution in [2.45, 2.75) is 40.3 Å². The SMILES string of the molecule is C=CC(=O)N(CC(OC(C)=O)OC(C)=O)CC(OC(C)=O)OC(C)=O. The van der Waals surface area contributed by atoms with Gasteiger partial charge in [-0.2, -0.15) is 0 Å². The molecule has 10 heteroatoms. The van der Waals surface area contributed by atoms with Crippen LogP contribution in [0.3, 0.4) is 0 Å². The molecule has 0 aliphatic carbocycles. The Kier molecular flexibility index (Phi) is 9.53. The van der Waals surface area contributed by atoms with E-state index in [1.165, 1.54) is 0 Å². The monoisotopic (exact) mass is 359 g/mol.